The maximum Gasteiger partial charge on any atom is 0.251 e. The first-order valence-electron chi connectivity index (χ1n) is 9.77. The van der Waals surface area contributed by atoms with Gasteiger partial charge in [0.25, 0.3) is 5.91 Å². The first-order chi connectivity index (χ1) is 14.3. The van der Waals surface area contributed by atoms with Crippen molar-refractivity contribution in [1.29, 1.82) is 0 Å². The minimum absolute atomic E-state index is 0.0474. The third kappa shape index (κ3) is 4.02. The molecule has 0 saturated carbocycles. The van der Waals surface area contributed by atoms with E-state index in [4.69, 9.17) is 11.6 Å². The van der Waals surface area contributed by atoms with E-state index < -0.39 is 6.04 Å². The van der Waals surface area contributed by atoms with Crippen molar-refractivity contribution in [1.82, 2.24) is 4.90 Å². The number of Topliss-reactive ketones (excluding diaryl/α,β-unsaturated/α-hetero) is 1. The second kappa shape index (κ2) is 8.49. The van der Waals surface area contributed by atoms with Crippen molar-refractivity contribution in [3.8, 4) is 0 Å². The number of hydrogen-bond donors (Lipinski definition) is 0. The van der Waals surface area contributed by atoms with Crippen molar-refractivity contribution in [3.63, 3.8) is 0 Å². The highest BCUT2D eigenvalue weighted by Crippen LogP contribution is 2.34. The van der Waals surface area contributed by atoms with Gasteiger partial charge in [-0.3, -0.25) is 19.3 Å². The number of rotatable bonds is 4. The Hall–Kier alpha value is -2.22. The van der Waals surface area contributed by atoms with Crippen molar-refractivity contribution in [2.24, 2.45) is 0 Å². The maximum atomic E-state index is 13.1. The molecular weight excluding hydrogens is 470 g/mol. The van der Waals surface area contributed by atoms with Gasteiger partial charge < -0.3 is 4.90 Å². The molecule has 0 radical (unpaired) electrons. The molecule has 0 unspecified atom stereocenters. The Labute approximate surface area is 188 Å². The molecule has 2 aliphatic rings. The average molecular weight is 491 g/mol. The fourth-order valence-corrected chi connectivity index (χ4v) is 4.77. The number of halogens is 2. The molecule has 2 saturated heterocycles. The van der Waals surface area contributed by atoms with Crippen molar-refractivity contribution in [2.75, 3.05) is 36.0 Å². The first-order valence-corrected chi connectivity index (χ1v) is 10.9. The number of carbonyl (C=O) groups is 3. The molecule has 0 aromatic heterocycles. The quantitative estimate of drug-likeness (QED) is 0.482. The number of carbonyl (C=O) groups excluding carboxylic acids is 3. The van der Waals surface area contributed by atoms with Crippen LogP contribution in [0.4, 0.5) is 11.4 Å². The zero-order valence-corrected chi connectivity index (χ0v) is 18.8. The van der Waals surface area contributed by atoms with Crippen LogP contribution in [0, 0.1) is 0 Å². The standard InChI is InChI=1S/C22H21BrClN3O3/c1-14(28)15-2-5-17(6-3-15)25-8-10-26(11-9-25)20-13-21(29)27(22(20)30)19-7-4-16(23)12-18(19)24/h2-7,12,20H,8-11,13H2,1H3/t20-/m1/s1. The third-order valence-corrected chi connectivity index (χ3v) is 6.46. The minimum atomic E-state index is -0.459. The highest BCUT2D eigenvalue weighted by molar-refractivity contribution is 9.10. The summed E-state index contributed by atoms with van der Waals surface area (Å²) in [6.45, 7) is 4.41. The first kappa shape index (κ1) is 21.0. The zero-order chi connectivity index (χ0) is 21.4. The topological polar surface area (TPSA) is 60.9 Å². The SMILES string of the molecule is CC(=O)c1ccc(N2CCN([C@@H]3CC(=O)N(c4ccc(Br)cc4Cl)C3=O)CC2)cc1. The summed E-state index contributed by atoms with van der Waals surface area (Å²) in [6, 6.07) is 12.3. The van der Waals surface area contributed by atoms with Crippen LogP contribution in [-0.2, 0) is 9.59 Å². The average Bonchev–Trinajstić information content (AvgIpc) is 3.02. The lowest BCUT2D eigenvalue weighted by atomic mass is 10.1. The lowest BCUT2D eigenvalue weighted by molar-refractivity contribution is -0.123. The van der Waals surface area contributed by atoms with E-state index in [2.05, 4.69) is 25.7 Å². The second-order valence-corrected chi connectivity index (χ2v) is 8.83. The van der Waals surface area contributed by atoms with Gasteiger partial charge >= 0.3 is 0 Å². The number of imide groups is 1. The van der Waals surface area contributed by atoms with Gasteiger partial charge in [0.15, 0.2) is 5.78 Å². The Morgan fingerprint density at radius 2 is 1.70 bits per heavy atom. The highest BCUT2D eigenvalue weighted by atomic mass is 79.9. The Morgan fingerprint density at radius 3 is 2.30 bits per heavy atom. The lowest BCUT2D eigenvalue weighted by Crippen LogP contribution is -2.52. The Bertz CT molecular complexity index is 1000. The van der Waals surface area contributed by atoms with Gasteiger partial charge in [-0.25, -0.2) is 4.90 Å². The molecular formula is C22H21BrClN3O3. The molecule has 2 amide bonds. The predicted octanol–water partition coefficient (Wildman–Crippen LogP) is 3.76. The largest absolute Gasteiger partial charge is 0.369 e. The fraction of sp³-hybridized carbons (Fsp3) is 0.318. The summed E-state index contributed by atoms with van der Waals surface area (Å²) in [7, 11) is 0. The van der Waals surface area contributed by atoms with Crippen LogP contribution in [0.1, 0.15) is 23.7 Å². The summed E-state index contributed by atoms with van der Waals surface area (Å²) in [5, 5.41) is 0.366. The molecule has 2 aromatic rings. The van der Waals surface area contributed by atoms with Gasteiger partial charge in [0, 0.05) is 41.9 Å². The van der Waals surface area contributed by atoms with Crippen LogP contribution in [0.5, 0.6) is 0 Å². The number of benzene rings is 2. The molecule has 2 aromatic carbocycles. The van der Waals surface area contributed by atoms with Crippen LogP contribution >= 0.6 is 27.5 Å². The summed E-state index contributed by atoms with van der Waals surface area (Å²) in [5.74, 6) is -0.397. The van der Waals surface area contributed by atoms with Crippen LogP contribution in [0.15, 0.2) is 46.9 Å². The molecule has 156 valence electrons. The zero-order valence-electron chi connectivity index (χ0n) is 16.5. The molecule has 2 heterocycles. The Balaban J connectivity index is 1.43. The molecule has 2 aliphatic heterocycles. The molecule has 6 nitrogen and oxygen atoms in total. The number of ketones is 1. The summed E-state index contributed by atoms with van der Waals surface area (Å²) in [5.41, 5.74) is 2.18. The summed E-state index contributed by atoms with van der Waals surface area (Å²) >= 11 is 9.62. The van der Waals surface area contributed by atoms with Crippen LogP contribution < -0.4 is 9.80 Å². The van der Waals surface area contributed by atoms with Crippen molar-refractivity contribution in [2.45, 2.75) is 19.4 Å². The van der Waals surface area contributed by atoms with Gasteiger partial charge in [-0.05, 0) is 49.4 Å². The van der Waals surface area contributed by atoms with E-state index in [0.717, 1.165) is 23.2 Å². The normalized spacial score (nSPS) is 20.2. The minimum Gasteiger partial charge on any atom is -0.369 e. The fourth-order valence-electron chi connectivity index (χ4n) is 4.02. The van der Waals surface area contributed by atoms with Crippen LogP contribution in [0.2, 0.25) is 5.02 Å². The van der Waals surface area contributed by atoms with Gasteiger partial charge in [-0.15, -0.1) is 0 Å². The Morgan fingerprint density at radius 1 is 1.03 bits per heavy atom. The van der Waals surface area contributed by atoms with E-state index in [-0.39, 0.29) is 24.0 Å². The molecule has 0 bridgehead atoms. The Kier molecular flexibility index (Phi) is 5.95. The summed E-state index contributed by atoms with van der Waals surface area (Å²) < 4.78 is 0.791. The molecule has 0 aliphatic carbocycles. The van der Waals surface area contributed by atoms with E-state index in [1.807, 2.05) is 24.3 Å². The van der Waals surface area contributed by atoms with Crippen molar-refractivity contribution >= 4 is 56.5 Å². The van der Waals surface area contributed by atoms with Gasteiger partial charge in [-0.1, -0.05) is 27.5 Å². The summed E-state index contributed by atoms with van der Waals surface area (Å²) in [4.78, 5) is 42.6. The van der Waals surface area contributed by atoms with E-state index in [0.29, 0.717) is 29.4 Å². The maximum absolute atomic E-state index is 13.1. The number of amides is 2. The van der Waals surface area contributed by atoms with Gasteiger partial charge in [-0.2, -0.15) is 0 Å². The van der Waals surface area contributed by atoms with Crippen molar-refractivity contribution < 1.29 is 14.4 Å². The molecule has 2 fully saturated rings. The predicted molar refractivity (Wildman–Crippen MR) is 120 cm³/mol. The molecule has 8 heteroatoms. The van der Waals surface area contributed by atoms with Gasteiger partial charge in [0.2, 0.25) is 5.91 Å². The lowest BCUT2D eigenvalue weighted by Gasteiger charge is -2.38. The molecule has 0 spiro atoms. The van der Waals surface area contributed by atoms with Crippen molar-refractivity contribution in [3.05, 3.63) is 57.5 Å². The van der Waals surface area contributed by atoms with E-state index in [1.165, 1.54) is 4.90 Å². The van der Waals surface area contributed by atoms with E-state index in [1.54, 1.807) is 25.1 Å². The van der Waals surface area contributed by atoms with E-state index in [9.17, 15) is 14.4 Å². The molecule has 1 atom stereocenters. The molecule has 4 rings (SSSR count). The number of piperazine rings is 1. The van der Waals surface area contributed by atoms with Crippen LogP contribution in [-0.4, -0.2) is 54.7 Å². The second-order valence-electron chi connectivity index (χ2n) is 7.51. The smallest absolute Gasteiger partial charge is 0.251 e. The number of hydrogen-bond acceptors (Lipinski definition) is 5. The van der Waals surface area contributed by atoms with Crippen LogP contribution in [0.25, 0.3) is 0 Å². The number of nitrogens with zero attached hydrogens (tertiary/aromatic N) is 3. The molecule has 30 heavy (non-hydrogen) atoms. The highest BCUT2D eigenvalue weighted by Gasteiger charge is 2.44. The van der Waals surface area contributed by atoms with Gasteiger partial charge in [0.05, 0.1) is 23.2 Å². The third-order valence-electron chi connectivity index (χ3n) is 5.67. The number of anilines is 2. The van der Waals surface area contributed by atoms with Crippen LogP contribution in [0.3, 0.4) is 0 Å². The monoisotopic (exact) mass is 489 g/mol. The summed E-state index contributed by atoms with van der Waals surface area (Å²) in [6.07, 6.45) is 0.165. The molecule has 0 N–H and O–H groups in total. The van der Waals surface area contributed by atoms with Gasteiger partial charge in [0.1, 0.15) is 0 Å². The van der Waals surface area contributed by atoms with E-state index >= 15 is 0 Å².